The zero-order valence-electron chi connectivity index (χ0n) is 7.89. The van der Waals surface area contributed by atoms with Crippen molar-refractivity contribution in [3.63, 3.8) is 0 Å². The smallest absolute Gasteiger partial charge is 0.241 e. The average molecular weight is 212 g/mol. The molecule has 1 aromatic carbocycles. The van der Waals surface area contributed by atoms with E-state index in [1.165, 1.54) is 0 Å². The van der Waals surface area contributed by atoms with E-state index in [0.29, 0.717) is 13.1 Å². The Hall–Kier alpha value is -1.49. The Kier molecular flexibility index (Phi) is 2.64. The molecule has 1 aromatic rings. The van der Waals surface area contributed by atoms with Crippen molar-refractivity contribution < 1.29 is 13.6 Å². The van der Waals surface area contributed by atoms with Gasteiger partial charge in [0.15, 0.2) is 0 Å². The van der Waals surface area contributed by atoms with Crippen LogP contribution in [-0.4, -0.2) is 19.0 Å². The van der Waals surface area contributed by atoms with E-state index in [1.807, 2.05) is 0 Å². The first-order valence-electron chi connectivity index (χ1n) is 4.64. The van der Waals surface area contributed by atoms with Crippen molar-refractivity contribution in [2.45, 2.75) is 6.04 Å². The minimum Gasteiger partial charge on any atom is -0.353 e. The standard InChI is InChI=1S/C10H10F2N2O/c11-6-1-2-8(12)7(5-6)9-10(15)14-4-3-13-9/h1-2,5,9,13H,3-4H2,(H,14,15)/t9-/m1/s1. The first-order chi connectivity index (χ1) is 7.18. The average Bonchev–Trinajstić information content (AvgIpc) is 2.23. The van der Waals surface area contributed by atoms with Gasteiger partial charge in [-0.05, 0) is 18.2 Å². The third-order valence-electron chi connectivity index (χ3n) is 2.30. The van der Waals surface area contributed by atoms with E-state index >= 15 is 0 Å². The molecule has 5 heteroatoms. The van der Waals surface area contributed by atoms with Gasteiger partial charge in [0.1, 0.15) is 17.7 Å². The molecule has 1 aliphatic heterocycles. The highest BCUT2D eigenvalue weighted by atomic mass is 19.1. The molecular weight excluding hydrogens is 202 g/mol. The number of hydrogen-bond donors (Lipinski definition) is 2. The Labute approximate surface area is 85.5 Å². The highest BCUT2D eigenvalue weighted by molar-refractivity contribution is 5.83. The molecule has 0 bridgehead atoms. The van der Waals surface area contributed by atoms with E-state index < -0.39 is 17.7 Å². The number of carbonyl (C=O) groups is 1. The lowest BCUT2D eigenvalue weighted by atomic mass is 10.0. The van der Waals surface area contributed by atoms with E-state index in [4.69, 9.17) is 0 Å². The maximum absolute atomic E-state index is 13.3. The third kappa shape index (κ3) is 1.97. The molecule has 2 N–H and O–H groups in total. The predicted octanol–water partition coefficient (Wildman–Crippen LogP) is 0.725. The zero-order chi connectivity index (χ0) is 10.8. The quantitative estimate of drug-likeness (QED) is 0.720. The van der Waals surface area contributed by atoms with Gasteiger partial charge in [0.25, 0.3) is 0 Å². The lowest BCUT2D eigenvalue weighted by Gasteiger charge is -2.24. The number of benzene rings is 1. The molecule has 1 heterocycles. The minimum atomic E-state index is -0.797. The highest BCUT2D eigenvalue weighted by Gasteiger charge is 2.25. The third-order valence-corrected chi connectivity index (χ3v) is 2.30. The van der Waals surface area contributed by atoms with Crippen LogP contribution >= 0.6 is 0 Å². The molecule has 0 unspecified atom stereocenters. The van der Waals surface area contributed by atoms with Crippen LogP contribution in [0.5, 0.6) is 0 Å². The van der Waals surface area contributed by atoms with Crippen LogP contribution in [0.25, 0.3) is 0 Å². The van der Waals surface area contributed by atoms with Crippen LogP contribution in [0.2, 0.25) is 0 Å². The molecular formula is C10H10F2N2O. The number of carbonyl (C=O) groups excluding carboxylic acids is 1. The van der Waals surface area contributed by atoms with E-state index in [9.17, 15) is 13.6 Å². The van der Waals surface area contributed by atoms with Crippen LogP contribution < -0.4 is 10.6 Å². The van der Waals surface area contributed by atoms with E-state index in [-0.39, 0.29) is 11.5 Å². The number of amides is 1. The van der Waals surface area contributed by atoms with Crippen LogP contribution in [-0.2, 0) is 4.79 Å². The highest BCUT2D eigenvalue weighted by Crippen LogP contribution is 2.19. The van der Waals surface area contributed by atoms with E-state index in [2.05, 4.69) is 10.6 Å². The first-order valence-corrected chi connectivity index (χ1v) is 4.64. The van der Waals surface area contributed by atoms with Crippen molar-refractivity contribution in [2.75, 3.05) is 13.1 Å². The van der Waals surface area contributed by atoms with Gasteiger partial charge in [-0.2, -0.15) is 0 Å². The number of halogens is 2. The fourth-order valence-electron chi connectivity index (χ4n) is 1.58. The molecule has 0 radical (unpaired) electrons. The summed E-state index contributed by atoms with van der Waals surface area (Å²) in [6.07, 6.45) is 0. The molecule has 1 saturated heterocycles. The summed E-state index contributed by atoms with van der Waals surface area (Å²) in [6, 6.07) is 2.29. The summed E-state index contributed by atoms with van der Waals surface area (Å²) in [5, 5.41) is 5.42. The van der Waals surface area contributed by atoms with Crippen LogP contribution in [0.1, 0.15) is 11.6 Å². The van der Waals surface area contributed by atoms with Crippen molar-refractivity contribution in [2.24, 2.45) is 0 Å². The second kappa shape index (κ2) is 3.94. The van der Waals surface area contributed by atoms with Crippen LogP contribution in [0.15, 0.2) is 18.2 Å². The summed E-state index contributed by atoms with van der Waals surface area (Å²) in [6.45, 7) is 1.05. The number of hydrogen-bond acceptors (Lipinski definition) is 2. The lowest BCUT2D eigenvalue weighted by molar-refractivity contribution is -0.124. The largest absolute Gasteiger partial charge is 0.353 e. The second-order valence-corrected chi connectivity index (χ2v) is 3.34. The monoisotopic (exact) mass is 212 g/mol. The van der Waals surface area contributed by atoms with Crippen molar-refractivity contribution >= 4 is 5.91 Å². The summed E-state index contributed by atoms with van der Waals surface area (Å²) in [4.78, 5) is 11.4. The molecule has 0 aliphatic carbocycles. The van der Waals surface area contributed by atoms with Gasteiger partial charge in [-0.3, -0.25) is 4.79 Å². The maximum atomic E-state index is 13.3. The molecule has 1 aliphatic rings. The van der Waals surface area contributed by atoms with Gasteiger partial charge in [-0.25, -0.2) is 8.78 Å². The second-order valence-electron chi connectivity index (χ2n) is 3.34. The van der Waals surface area contributed by atoms with Crippen molar-refractivity contribution in [3.8, 4) is 0 Å². The molecule has 3 nitrogen and oxygen atoms in total. The topological polar surface area (TPSA) is 41.1 Å². The Morgan fingerprint density at radius 3 is 2.80 bits per heavy atom. The fraction of sp³-hybridized carbons (Fsp3) is 0.300. The zero-order valence-corrected chi connectivity index (χ0v) is 7.89. The molecule has 1 amide bonds. The summed E-state index contributed by atoms with van der Waals surface area (Å²) in [5.74, 6) is -1.46. The molecule has 1 fully saturated rings. The Balaban J connectivity index is 2.34. The van der Waals surface area contributed by atoms with Gasteiger partial charge in [0.05, 0.1) is 0 Å². The first kappa shape index (κ1) is 10.0. The minimum absolute atomic E-state index is 0.0483. The fourth-order valence-corrected chi connectivity index (χ4v) is 1.58. The van der Waals surface area contributed by atoms with Crippen LogP contribution in [0.3, 0.4) is 0 Å². The van der Waals surface area contributed by atoms with E-state index in [1.54, 1.807) is 0 Å². The molecule has 15 heavy (non-hydrogen) atoms. The van der Waals surface area contributed by atoms with Gasteiger partial charge < -0.3 is 10.6 Å². The Bertz CT molecular complexity index is 395. The summed E-state index contributed by atoms with van der Waals surface area (Å²) >= 11 is 0. The molecule has 0 saturated carbocycles. The van der Waals surface area contributed by atoms with Gasteiger partial charge in [-0.1, -0.05) is 0 Å². The maximum Gasteiger partial charge on any atom is 0.241 e. The predicted molar refractivity (Wildman–Crippen MR) is 50.1 cm³/mol. The number of piperazine rings is 1. The van der Waals surface area contributed by atoms with Crippen LogP contribution in [0, 0.1) is 11.6 Å². The summed E-state index contributed by atoms with van der Waals surface area (Å²) in [7, 11) is 0. The molecule has 1 atom stereocenters. The lowest BCUT2D eigenvalue weighted by Crippen LogP contribution is -2.47. The van der Waals surface area contributed by atoms with Gasteiger partial charge in [-0.15, -0.1) is 0 Å². The number of nitrogens with one attached hydrogen (secondary N) is 2. The molecule has 80 valence electrons. The Morgan fingerprint density at radius 2 is 2.07 bits per heavy atom. The van der Waals surface area contributed by atoms with Crippen molar-refractivity contribution in [3.05, 3.63) is 35.4 Å². The SMILES string of the molecule is O=C1NCCN[C@@H]1c1cc(F)ccc1F. The molecule has 2 rings (SSSR count). The van der Waals surface area contributed by atoms with Crippen LogP contribution in [0.4, 0.5) is 8.78 Å². The van der Waals surface area contributed by atoms with Crippen molar-refractivity contribution in [1.29, 1.82) is 0 Å². The van der Waals surface area contributed by atoms with Gasteiger partial charge in [0.2, 0.25) is 5.91 Å². The Morgan fingerprint density at radius 1 is 1.27 bits per heavy atom. The molecule has 0 aromatic heterocycles. The van der Waals surface area contributed by atoms with Crippen molar-refractivity contribution in [1.82, 2.24) is 10.6 Å². The summed E-state index contributed by atoms with van der Waals surface area (Å²) < 4.78 is 26.2. The van der Waals surface area contributed by atoms with Gasteiger partial charge >= 0.3 is 0 Å². The molecule has 0 spiro atoms. The number of rotatable bonds is 1. The summed E-state index contributed by atoms with van der Waals surface area (Å²) in [5.41, 5.74) is 0.0483. The normalized spacial score (nSPS) is 21.2. The van der Waals surface area contributed by atoms with Gasteiger partial charge in [0, 0.05) is 18.7 Å². The van der Waals surface area contributed by atoms with E-state index in [0.717, 1.165) is 18.2 Å².